The summed E-state index contributed by atoms with van der Waals surface area (Å²) in [5.41, 5.74) is 4.84. The van der Waals surface area contributed by atoms with Gasteiger partial charge in [0, 0.05) is 11.0 Å². The molecule has 3 aromatic carbocycles. The zero-order chi connectivity index (χ0) is 28.1. The Labute approximate surface area is 234 Å². The lowest BCUT2D eigenvalue weighted by atomic mass is 9.78. The highest BCUT2D eigenvalue weighted by Crippen LogP contribution is 2.42. The Balaban J connectivity index is 1.65. The van der Waals surface area contributed by atoms with Crippen molar-refractivity contribution in [3.8, 4) is 5.75 Å². The lowest BCUT2D eigenvalue weighted by molar-refractivity contribution is -0.116. The molecule has 1 unspecified atom stereocenters. The molecule has 1 atom stereocenters. The molecule has 2 heterocycles. The number of aromatic hydroxyl groups is 1. The monoisotopic (exact) mass is 540 g/mol. The molecule has 0 aromatic heterocycles. The summed E-state index contributed by atoms with van der Waals surface area (Å²) in [4.78, 5) is 18.7. The minimum atomic E-state index is -0.557. The average Bonchev–Trinajstić information content (AvgIpc) is 2.86. The number of nitrogens with zero attached hydrogens (tertiary/aromatic N) is 3. The molecule has 2 aliphatic rings. The van der Waals surface area contributed by atoms with Gasteiger partial charge in [-0.1, -0.05) is 101 Å². The largest absolute Gasteiger partial charge is 0.507 e. The molecule has 0 radical (unpaired) electrons. The van der Waals surface area contributed by atoms with Crippen LogP contribution in [0.15, 0.2) is 70.8 Å². The van der Waals surface area contributed by atoms with Gasteiger partial charge in [-0.05, 0) is 58.2 Å². The second-order valence-corrected chi connectivity index (χ2v) is 13.3. The normalized spacial score (nSPS) is 17.2. The van der Waals surface area contributed by atoms with Gasteiger partial charge in [-0.25, -0.2) is 5.01 Å². The highest BCUT2D eigenvalue weighted by atomic mass is 32.2. The van der Waals surface area contributed by atoms with Gasteiger partial charge >= 0.3 is 0 Å². The molecular weight excluding hydrogens is 504 g/mol. The Bertz CT molecular complexity index is 1560. The first kappa shape index (κ1) is 27.0. The zero-order valence-electron chi connectivity index (χ0n) is 23.7. The highest BCUT2D eigenvalue weighted by Gasteiger charge is 2.36. The first-order valence-electron chi connectivity index (χ1n) is 13.3. The number of carbonyl (C=O) groups is 1. The molecule has 1 amide bonds. The van der Waals surface area contributed by atoms with Crippen molar-refractivity contribution in [1.82, 2.24) is 10.3 Å². The van der Waals surface area contributed by atoms with Gasteiger partial charge < -0.3 is 5.11 Å². The molecule has 0 bridgehead atoms. The highest BCUT2D eigenvalue weighted by molar-refractivity contribution is 8.13. The van der Waals surface area contributed by atoms with E-state index in [4.69, 9.17) is 10.1 Å². The minimum Gasteiger partial charge on any atom is -0.507 e. The third kappa shape index (κ3) is 5.33. The number of phenols is 1. The first-order valence-corrected chi connectivity index (χ1v) is 14.2. The van der Waals surface area contributed by atoms with Crippen molar-refractivity contribution in [2.75, 3.05) is 0 Å². The number of phenolic OH excluding ortho intramolecular Hbond substituents is 1. The standard InChI is InChI=1S/C32H36N4O2S/c1-19-12-14-20(15-13-19)18-39-30-34-29(38)26-22-10-8-9-11-25(22)33-28(36(26)35-30)21-16-23(31(2,3)4)27(37)24(17-21)32(5,6)7/h8-17,28,37H,18H2,1-7H3,(H,34,35,38). The van der Waals surface area contributed by atoms with Crippen LogP contribution in [0.4, 0.5) is 0 Å². The van der Waals surface area contributed by atoms with E-state index in [1.165, 1.54) is 17.3 Å². The van der Waals surface area contributed by atoms with Gasteiger partial charge in [0.25, 0.3) is 5.91 Å². The Morgan fingerprint density at radius 1 is 0.949 bits per heavy atom. The summed E-state index contributed by atoms with van der Waals surface area (Å²) in [5.74, 6) is 0.797. The number of amides is 1. The second-order valence-electron chi connectivity index (χ2n) is 12.3. The van der Waals surface area contributed by atoms with Crippen molar-refractivity contribution in [3.05, 3.63) is 99.1 Å². The van der Waals surface area contributed by atoms with Crippen LogP contribution in [-0.4, -0.2) is 21.2 Å². The number of hydrogen-bond acceptors (Lipinski definition) is 6. The number of fused-ring (bicyclic) bond motifs is 2. The number of nitrogens with one attached hydrogen (secondary N) is 1. The summed E-state index contributed by atoms with van der Waals surface area (Å²) >= 11 is 1.49. The molecule has 0 saturated carbocycles. The molecule has 5 rings (SSSR count). The number of carbonyl (C=O) groups excluding carboxylic acids is 1. The van der Waals surface area contributed by atoms with Crippen molar-refractivity contribution in [2.45, 2.75) is 71.2 Å². The van der Waals surface area contributed by atoms with E-state index < -0.39 is 6.17 Å². The predicted molar refractivity (Wildman–Crippen MR) is 159 cm³/mol. The number of hydrogen-bond donors (Lipinski definition) is 2. The molecule has 202 valence electrons. The summed E-state index contributed by atoms with van der Waals surface area (Å²) < 4.78 is 0. The minimum absolute atomic E-state index is 0.199. The van der Waals surface area contributed by atoms with Crippen LogP contribution in [0.3, 0.4) is 0 Å². The molecule has 2 aliphatic heterocycles. The number of benzene rings is 3. The lowest BCUT2D eigenvalue weighted by Crippen LogP contribution is -2.50. The fourth-order valence-electron chi connectivity index (χ4n) is 4.89. The van der Waals surface area contributed by atoms with Crippen molar-refractivity contribution in [3.63, 3.8) is 0 Å². The summed E-state index contributed by atoms with van der Waals surface area (Å²) in [7, 11) is 0. The van der Waals surface area contributed by atoms with E-state index in [9.17, 15) is 9.90 Å². The van der Waals surface area contributed by atoms with Crippen LogP contribution < -0.4 is 15.9 Å². The molecule has 3 aromatic rings. The van der Waals surface area contributed by atoms with Gasteiger partial charge in [0.1, 0.15) is 11.4 Å². The third-order valence-electron chi connectivity index (χ3n) is 7.06. The molecule has 0 aliphatic carbocycles. The maximum absolute atomic E-state index is 13.6. The van der Waals surface area contributed by atoms with E-state index in [1.54, 1.807) is 5.01 Å². The van der Waals surface area contributed by atoms with Crippen molar-refractivity contribution >= 4 is 28.5 Å². The smallest absolute Gasteiger partial charge is 0.276 e. The number of thioether (sulfide) groups is 1. The van der Waals surface area contributed by atoms with Crippen LogP contribution in [0, 0.1) is 6.92 Å². The summed E-state index contributed by atoms with van der Waals surface area (Å²) in [5, 5.41) is 23.0. The molecule has 6 nitrogen and oxygen atoms in total. The van der Waals surface area contributed by atoms with Gasteiger partial charge in [0.15, 0.2) is 11.3 Å². The van der Waals surface area contributed by atoms with Gasteiger partial charge in [-0.3, -0.25) is 15.1 Å². The van der Waals surface area contributed by atoms with Crippen molar-refractivity contribution in [2.24, 2.45) is 10.1 Å². The average molecular weight is 541 g/mol. The van der Waals surface area contributed by atoms with Gasteiger partial charge in [0.05, 0.1) is 5.36 Å². The van der Waals surface area contributed by atoms with Crippen LogP contribution in [-0.2, 0) is 21.4 Å². The Hall–Kier alpha value is -3.58. The maximum atomic E-state index is 13.6. The molecule has 7 heteroatoms. The van der Waals surface area contributed by atoms with Crippen LogP contribution in [0.2, 0.25) is 0 Å². The zero-order valence-corrected chi connectivity index (χ0v) is 24.5. The van der Waals surface area contributed by atoms with E-state index in [1.807, 2.05) is 36.4 Å². The summed E-state index contributed by atoms with van der Waals surface area (Å²) in [6, 6.07) is 20.1. The number of hydrazone groups is 1. The Morgan fingerprint density at radius 2 is 1.56 bits per heavy atom. The Morgan fingerprint density at radius 3 is 2.18 bits per heavy atom. The lowest BCUT2D eigenvalue weighted by Gasteiger charge is -2.35. The SMILES string of the molecule is Cc1ccc(CSC2=NN3C(=c4ccccc4=NC3c3cc(C(C)(C)C)c(O)c(C(C)(C)C)c3)C(=O)N2)cc1. The van der Waals surface area contributed by atoms with Crippen molar-refractivity contribution < 1.29 is 9.90 Å². The van der Waals surface area contributed by atoms with Crippen LogP contribution in [0.1, 0.15) is 75.5 Å². The quantitative estimate of drug-likeness (QED) is 0.468. The summed E-state index contributed by atoms with van der Waals surface area (Å²) in [6.45, 7) is 14.6. The number of amidine groups is 1. The van der Waals surface area contributed by atoms with E-state index in [-0.39, 0.29) is 16.7 Å². The number of rotatable bonds is 3. The fraction of sp³-hybridized carbons (Fsp3) is 0.344. The van der Waals surface area contributed by atoms with E-state index in [2.05, 4.69) is 78.0 Å². The summed E-state index contributed by atoms with van der Waals surface area (Å²) in [6.07, 6.45) is -0.557. The van der Waals surface area contributed by atoms with Crippen LogP contribution in [0.25, 0.3) is 5.70 Å². The molecule has 0 fully saturated rings. The van der Waals surface area contributed by atoms with Gasteiger partial charge in [0.2, 0.25) is 0 Å². The Kier molecular flexibility index (Phi) is 6.83. The molecular formula is C32H36N4O2S. The topological polar surface area (TPSA) is 77.3 Å². The molecule has 39 heavy (non-hydrogen) atoms. The number of para-hydroxylation sites is 1. The van der Waals surface area contributed by atoms with Crippen molar-refractivity contribution in [1.29, 1.82) is 0 Å². The molecule has 2 N–H and O–H groups in total. The molecule has 0 saturated heterocycles. The third-order valence-corrected chi connectivity index (χ3v) is 7.99. The fourth-order valence-corrected chi connectivity index (χ4v) is 5.70. The number of aryl methyl sites for hydroxylation is 1. The van der Waals surface area contributed by atoms with E-state index in [0.29, 0.717) is 22.4 Å². The molecule has 0 spiro atoms. The van der Waals surface area contributed by atoms with E-state index in [0.717, 1.165) is 32.8 Å². The van der Waals surface area contributed by atoms with Gasteiger partial charge in [-0.15, -0.1) is 5.10 Å². The maximum Gasteiger partial charge on any atom is 0.276 e. The van der Waals surface area contributed by atoms with Crippen LogP contribution in [0.5, 0.6) is 5.75 Å². The van der Waals surface area contributed by atoms with E-state index >= 15 is 0 Å². The predicted octanol–water partition coefficient (Wildman–Crippen LogP) is 5.37. The first-order chi connectivity index (χ1) is 18.3. The van der Waals surface area contributed by atoms with Crippen LogP contribution >= 0.6 is 11.8 Å². The van der Waals surface area contributed by atoms with Gasteiger partial charge in [-0.2, -0.15) is 0 Å². The second kappa shape index (κ2) is 9.87.